The van der Waals surface area contributed by atoms with Crippen LogP contribution in [0.5, 0.6) is 0 Å². The molecule has 3 aromatic heterocycles. The van der Waals surface area contributed by atoms with Gasteiger partial charge in [0.25, 0.3) is 5.56 Å². The molecule has 4 N–H and O–H groups in total. The summed E-state index contributed by atoms with van der Waals surface area (Å²) in [6.45, 7) is 3.61. The number of nitrogens with zero attached hydrogens (tertiary/aromatic N) is 6. The molecule has 0 aliphatic rings. The average Bonchev–Trinajstić information content (AvgIpc) is 3.13. The van der Waals surface area contributed by atoms with Gasteiger partial charge in [-0.1, -0.05) is 17.7 Å². The van der Waals surface area contributed by atoms with Crippen LogP contribution in [0, 0.1) is 18.3 Å². The van der Waals surface area contributed by atoms with Crippen LogP contribution in [-0.4, -0.2) is 29.7 Å². The summed E-state index contributed by atoms with van der Waals surface area (Å²) in [7, 11) is 0. The number of nitrogens with two attached hydrogens (primary N) is 1. The number of fused-ring (bicyclic) bond motifs is 1. The second-order valence-corrected chi connectivity index (χ2v) is 7.02. The summed E-state index contributed by atoms with van der Waals surface area (Å²) in [5, 5.41) is 20.1. The number of aromatic nitrogens is 6. The molecular formula is C19H16ClN9O. The zero-order valence-electron chi connectivity index (χ0n) is 16.0. The van der Waals surface area contributed by atoms with Crippen LogP contribution in [0.2, 0.25) is 5.02 Å². The van der Waals surface area contributed by atoms with Gasteiger partial charge in [-0.3, -0.25) is 9.89 Å². The van der Waals surface area contributed by atoms with Crippen molar-refractivity contribution in [3.63, 3.8) is 0 Å². The Morgan fingerprint density at radius 1 is 1.37 bits per heavy atom. The number of nitriles is 1. The minimum absolute atomic E-state index is 0.0563. The molecule has 0 aliphatic carbocycles. The smallest absolute Gasteiger partial charge is 0.268 e. The van der Waals surface area contributed by atoms with Crippen LogP contribution >= 0.6 is 11.6 Å². The van der Waals surface area contributed by atoms with E-state index in [1.165, 1.54) is 10.9 Å². The standard InChI is InChI=1S/C19H16ClN9O/c1-9-6-14(28-27-9)29-18(26-13-5-3-4-12(20)15(13)19(29)30)10(2)25-17-11(7-21)16(22)23-8-24-17/h3-6,8,10H,1-2H3,(H,27,28)(H3,22,23,24,25)/t10-/m0/s1. The van der Waals surface area contributed by atoms with Gasteiger partial charge in [-0.2, -0.15) is 10.4 Å². The molecule has 0 spiro atoms. The van der Waals surface area contributed by atoms with Crippen LogP contribution in [0.1, 0.15) is 30.0 Å². The molecule has 30 heavy (non-hydrogen) atoms. The summed E-state index contributed by atoms with van der Waals surface area (Å²) >= 11 is 6.28. The van der Waals surface area contributed by atoms with Gasteiger partial charge in [0.2, 0.25) is 0 Å². The van der Waals surface area contributed by atoms with Crippen molar-refractivity contribution in [2.45, 2.75) is 19.9 Å². The van der Waals surface area contributed by atoms with Crippen LogP contribution in [0.3, 0.4) is 0 Å². The molecule has 0 fully saturated rings. The van der Waals surface area contributed by atoms with Crippen molar-refractivity contribution in [3.05, 3.63) is 63.1 Å². The molecule has 11 heteroatoms. The number of nitrogens with one attached hydrogen (secondary N) is 2. The van der Waals surface area contributed by atoms with Gasteiger partial charge in [0.1, 0.15) is 35.4 Å². The van der Waals surface area contributed by atoms with E-state index in [1.54, 1.807) is 31.2 Å². The highest BCUT2D eigenvalue weighted by molar-refractivity contribution is 6.35. The fourth-order valence-electron chi connectivity index (χ4n) is 3.13. The zero-order chi connectivity index (χ0) is 21.4. The Morgan fingerprint density at radius 2 is 2.17 bits per heavy atom. The molecule has 1 atom stereocenters. The quantitative estimate of drug-likeness (QED) is 0.454. The number of hydrogen-bond donors (Lipinski definition) is 3. The molecule has 3 heterocycles. The van der Waals surface area contributed by atoms with Crippen molar-refractivity contribution in [1.29, 1.82) is 5.26 Å². The molecule has 4 rings (SSSR count). The number of rotatable bonds is 4. The zero-order valence-corrected chi connectivity index (χ0v) is 16.8. The van der Waals surface area contributed by atoms with Gasteiger partial charge in [-0.25, -0.2) is 19.5 Å². The first-order valence-corrected chi connectivity index (χ1v) is 9.29. The topological polar surface area (TPSA) is 151 Å². The third-order valence-corrected chi connectivity index (χ3v) is 4.84. The molecule has 0 saturated carbocycles. The van der Waals surface area contributed by atoms with Gasteiger partial charge in [-0.15, -0.1) is 0 Å². The second-order valence-electron chi connectivity index (χ2n) is 6.61. The van der Waals surface area contributed by atoms with E-state index >= 15 is 0 Å². The second kappa shape index (κ2) is 7.46. The summed E-state index contributed by atoms with van der Waals surface area (Å²) in [6, 6.07) is 8.24. The first-order valence-electron chi connectivity index (χ1n) is 8.91. The molecule has 0 unspecified atom stereocenters. The van der Waals surface area contributed by atoms with Crippen LogP contribution < -0.4 is 16.6 Å². The SMILES string of the molecule is Cc1cc(-n2c([C@H](C)Nc3ncnc(N)c3C#N)nc3cccc(Cl)c3c2=O)n[nH]1. The molecule has 0 amide bonds. The fraction of sp³-hybridized carbons (Fsp3) is 0.158. The van der Waals surface area contributed by atoms with Crippen molar-refractivity contribution < 1.29 is 0 Å². The van der Waals surface area contributed by atoms with Crippen molar-refractivity contribution in [2.75, 3.05) is 11.1 Å². The summed E-state index contributed by atoms with van der Waals surface area (Å²) in [6.07, 6.45) is 1.25. The van der Waals surface area contributed by atoms with Gasteiger partial charge < -0.3 is 11.1 Å². The molecule has 0 radical (unpaired) electrons. The van der Waals surface area contributed by atoms with Crippen LogP contribution in [0.25, 0.3) is 16.7 Å². The third-order valence-electron chi connectivity index (χ3n) is 4.52. The van der Waals surface area contributed by atoms with Crippen molar-refractivity contribution in [1.82, 2.24) is 29.7 Å². The number of hydrogen-bond acceptors (Lipinski definition) is 8. The minimum Gasteiger partial charge on any atom is -0.382 e. The Kier molecular flexibility index (Phi) is 4.81. The Bertz CT molecular complexity index is 1370. The van der Waals surface area contributed by atoms with E-state index in [0.29, 0.717) is 27.6 Å². The van der Waals surface area contributed by atoms with Gasteiger partial charge in [0, 0.05) is 11.8 Å². The predicted molar refractivity (Wildman–Crippen MR) is 112 cm³/mol. The Morgan fingerprint density at radius 3 is 2.87 bits per heavy atom. The number of H-pyrrole nitrogens is 1. The van der Waals surface area contributed by atoms with Gasteiger partial charge in [-0.05, 0) is 26.0 Å². The summed E-state index contributed by atoms with van der Waals surface area (Å²) in [5.74, 6) is 1.03. The van der Waals surface area contributed by atoms with Crippen LogP contribution in [0.15, 0.2) is 35.4 Å². The molecule has 0 bridgehead atoms. The molecule has 150 valence electrons. The monoisotopic (exact) mass is 421 g/mol. The van der Waals surface area contributed by atoms with Crippen LogP contribution in [0.4, 0.5) is 11.6 Å². The minimum atomic E-state index is -0.542. The number of benzene rings is 1. The largest absolute Gasteiger partial charge is 0.382 e. The fourth-order valence-corrected chi connectivity index (χ4v) is 3.38. The number of nitrogen functional groups attached to an aromatic ring is 1. The van der Waals surface area contributed by atoms with Gasteiger partial charge in [0.15, 0.2) is 5.82 Å². The van der Waals surface area contributed by atoms with E-state index in [-0.39, 0.29) is 22.8 Å². The molecule has 0 aliphatic heterocycles. The predicted octanol–water partition coefficient (Wildman–Crippen LogP) is 2.49. The van der Waals surface area contributed by atoms with E-state index in [2.05, 4.69) is 30.5 Å². The molecular weight excluding hydrogens is 406 g/mol. The average molecular weight is 422 g/mol. The van der Waals surface area contributed by atoms with Gasteiger partial charge in [0.05, 0.1) is 22.0 Å². The van der Waals surface area contributed by atoms with E-state index in [4.69, 9.17) is 17.3 Å². The lowest BCUT2D eigenvalue weighted by molar-refractivity contribution is 0.719. The Balaban J connectivity index is 1.93. The number of aromatic amines is 1. The first-order chi connectivity index (χ1) is 14.4. The van der Waals surface area contributed by atoms with E-state index in [0.717, 1.165) is 5.69 Å². The van der Waals surface area contributed by atoms with Crippen molar-refractivity contribution >= 4 is 34.1 Å². The normalized spacial score (nSPS) is 11.9. The van der Waals surface area contributed by atoms with Gasteiger partial charge >= 0.3 is 0 Å². The Hall–Kier alpha value is -3.97. The highest BCUT2D eigenvalue weighted by Crippen LogP contribution is 2.25. The summed E-state index contributed by atoms with van der Waals surface area (Å²) in [5.41, 5.74) is 6.75. The highest BCUT2D eigenvalue weighted by Gasteiger charge is 2.22. The summed E-state index contributed by atoms with van der Waals surface area (Å²) in [4.78, 5) is 26.0. The number of aryl methyl sites for hydroxylation is 1. The third kappa shape index (κ3) is 3.21. The summed E-state index contributed by atoms with van der Waals surface area (Å²) < 4.78 is 1.38. The molecule has 10 nitrogen and oxygen atoms in total. The Labute approximate surface area is 175 Å². The van der Waals surface area contributed by atoms with Crippen molar-refractivity contribution in [3.8, 4) is 11.9 Å². The molecule has 4 aromatic rings. The van der Waals surface area contributed by atoms with E-state index in [9.17, 15) is 10.1 Å². The van der Waals surface area contributed by atoms with Crippen LogP contribution in [-0.2, 0) is 0 Å². The number of halogens is 1. The maximum absolute atomic E-state index is 13.4. The maximum Gasteiger partial charge on any atom is 0.268 e. The lowest BCUT2D eigenvalue weighted by Crippen LogP contribution is -2.28. The number of anilines is 2. The maximum atomic E-state index is 13.4. The highest BCUT2D eigenvalue weighted by atomic mass is 35.5. The lowest BCUT2D eigenvalue weighted by atomic mass is 10.2. The van der Waals surface area contributed by atoms with E-state index in [1.807, 2.05) is 13.0 Å². The molecule has 0 saturated heterocycles. The molecule has 1 aromatic carbocycles. The van der Waals surface area contributed by atoms with Crippen molar-refractivity contribution in [2.24, 2.45) is 0 Å². The van der Waals surface area contributed by atoms with E-state index < -0.39 is 6.04 Å². The lowest BCUT2D eigenvalue weighted by Gasteiger charge is -2.19. The first kappa shape index (κ1) is 19.4.